The van der Waals surface area contributed by atoms with E-state index in [1.54, 1.807) is 0 Å². The Hall–Kier alpha value is -0.610. The minimum Gasteiger partial charge on any atom is -0.348 e. The Balaban J connectivity index is 3.07. The van der Waals surface area contributed by atoms with E-state index in [2.05, 4.69) is 65.7 Å². The minimum absolute atomic E-state index is 0.0986. The average Bonchev–Trinajstić information content (AvgIpc) is 2.78. The number of anilines is 1. The lowest BCUT2D eigenvalue weighted by molar-refractivity contribution is 0.503. The zero-order chi connectivity index (χ0) is 15.5. The van der Waals surface area contributed by atoms with Gasteiger partial charge in [0.25, 0.3) is 0 Å². The van der Waals surface area contributed by atoms with E-state index >= 15 is 0 Å². The van der Waals surface area contributed by atoms with Crippen molar-refractivity contribution in [3.63, 3.8) is 0 Å². The van der Waals surface area contributed by atoms with Crippen LogP contribution in [0.3, 0.4) is 0 Å². The van der Waals surface area contributed by atoms with Crippen molar-refractivity contribution in [2.24, 2.45) is 5.92 Å². The molecule has 0 saturated carbocycles. The molecule has 1 aromatic heterocycles. The van der Waals surface area contributed by atoms with E-state index in [-0.39, 0.29) is 5.41 Å². The Morgan fingerprint density at radius 3 is 2.30 bits per heavy atom. The number of rotatable bonds is 6. The molecule has 4 heteroatoms. The van der Waals surface area contributed by atoms with Crippen LogP contribution in [0.1, 0.15) is 59.0 Å². The van der Waals surface area contributed by atoms with Crippen LogP contribution in [-0.2, 0) is 12.0 Å². The summed E-state index contributed by atoms with van der Waals surface area (Å²) < 4.78 is 0. The molecule has 1 heterocycles. The maximum atomic E-state index is 4.94. The molecule has 20 heavy (non-hydrogen) atoms. The van der Waals surface area contributed by atoms with Gasteiger partial charge in [-0.25, -0.2) is 4.98 Å². The van der Waals surface area contributed by atoms with Gasteiger partial charge in [-0.05, 0) is 19.4 Å². The zero-order valence-corrected chi connectivity index (χ0v) is 15.2. The molecule has 0 aliphatic rings. The summed E-state index contributed by atoms with van der Waals surface area (Å²) in [6.45, 7) is 17.6. The molecular weight excluding hydrogens is 266 g/mol. The van der Waals surface area contributed by atoms with E-state index in [9.17, 15) is 0 Å². The van der Waals surface area contributed by atoms with Crippen molar-refractivity contribution in [2.75, 3.05) is 18.5 Å². The smallest absolute Gasteiger partial charge is 0.185 e. The van der Waals surface area contributed by atoms with Crippen molar-refractivity contribution >= 4 is 16.5 Å². The Morgan fingerprint density at radius 2 is 1.85 bits per heavy atom. The van der Waals surface area contributed by atoms with Crippen molar-refractivity contribution in [1.82, 2.24) is 10.3 Å². The predicted octanol–water partition coefficient (Wildman–Crippen LogP) is 4.03. The number of aromatic nitrogens is 1. The molecule has 1 rings (SSSR count). The quantitative estimate of drug-likeness (QED) is 0.859. The van der Waals surface area contributed by atoms with Crippen LogP contribution in [0.5, 0.6) is 0 Å². The first-order valence-corrected chi connectivity index (χ1v) is 8.43. The van der Waals surface area contributed by atoms with Crippen LogP contribution in [0.25, 0.3) is 0 Å². The highest BCUT2D eigenvalue weighted by atomic mass is 32.1. The van der Waals surface area contributed by atoms with Crippen LogP contribution in [0.4, 0.5) is 5.13 Å². The van der Waals surface area contributed by atoms with Gasteiger partial charge in [-0.15, -0.1) is 11.3 Å². The predicted molar refractivity (Wildman–Crippen MR) is 90.9 cm³/mol. The lowest BCUT2D eigenvalue weighted by Crippen LogP contribution is -2.33. The van der Waals surface area contributed by atoms with Gasteiger partial charge >= 0.3 is 0 Å². The summed E-state index contributed by atoms with van der Waals surface area (Å²) in [5.41, 5.74) is 1.34. The normalized spacial score (nSPS) is 13.8. The second kappa shape index (κ2) is 6.90. The molecule has 0 aliphatic heterocycles. The Bertz CT molecular complexity index is 418. The molecule has 0 fully saturated rings. The van der Waals surface area contributed by atoms with Crippen LogP contribution in [0.2, 0.25) is 0 Å². The van der Waals surface area contributed by atoms with Gasteiger partial charge in [0.15, 0.2) is 5.13 Å². The van der Waals surface area contributed by atoms with E-state index in [4.69, 9.17) is 4.98 Å². The van der Waals surface area contributed by atoms with Gasteiger partial charge in [0.2, 0.25) is 0 Å². The van der Waals surface area contributed by atoms with Crippen LogP contribution < -0.4 is 10.2 Å². The van der Waals surface area contributed by atoms with E-state index in [0.29, 0.717) is 12.0 Å². The van der Waals surface area contributed by atoms with E-state index < -0.39 is 0 Å². The fourth-order valence-corrected chi connectivity index (χ4v) is 3.35. The lowest BCUT2D eigenvalue weighted by Gasteiger charge is -2.27. The molecule has 0 aromatic carbocycles. The Kier molecular flexibility index (Phi) is 6.02. The van der Waals surface area contributed by atoms with Crippen LogP contribution in [-0.4, -0.2) is 24.6 Å². The molecule has 3 nitrogen and oxygen atoms in total. The van der Waals surface area contributed by atoms with Crippen molar-refractivity contribution in [1.29, 1.82) is 0 Å². The largest absolute Gasteiger partial charge is 0.348 e. The van der Waals surface area contributed by atoms with E-state index in [0.717, 1.165) is 18.2 Å². The third kappa shape index (κ3) is 4.19. The maximum absolute atomic E-state index is 4.94. The van der Waals surface area contributed by atoms with Crippen LogP contribution in [0, 0.1) is 5.92 Å². The van der Waals surface area contributed by atoms with Gasteiger partial charge in [0.05, 0.1) is 5.69 Å². The highest BCUT2D eigenvalue weighted by molar-refractivity contribution is 7.15. The highest BCUT2D eigenvalue weighted by Crippen LogP contribution is 2.34. The van der Waals surface area contributed by atoms with Gasteiger partial charge in [-0.1, -0.05) is 41.5 Å². The third-order valence-corrected chi connectivity index (χ3v) is 4.96. The van der Waals surface area contributed by atoms with Gasteiger partial charge in [-0.2, -0.15) is 0 Å². The molecule has 1 unspecified atom stereocenters. The fourth-order valence-electron chi connectivity index (χ4n) is 2.06. The average molecular weight is 298 g/mol. The molecule has 1 N–H and O–H groups in total. The number of hydrogen-bond donors (Lipinski definition) is 1. The summed E-state index contributed by atoms with van der Waals surface area (Å²) in [5, 5.41) is 4.58. The number of nitrogens with one attached hydrogen (secondary N) is 1. The number of hydrogen-bond acceptors (Lipinski definition) is 4. The zero-order valence-electron chi connectivity index (χ0n) is 14.4. The Labute approximate surface area is 128 Å². The highest BCUT2D eigenvalue weighted by Gasteiger charge is 2.25. The monoisotopic (exact) mass is 297 g/mol. The minimum atomic E-state index is 0.0986. The Morgan fingerprint density at radius 1 is 1.25 bits per heavy atom. The van der Waals surface area contributed by atoms with Crippen molar-refractivity contribution < 1.29 is 0 Å². The van der Waals surface area contributed by atoms with Gasteiger partial charge in [-0.3, -0.25) is 0 Å². The second-order valence-electron chi connectivity index (χ2n) is 6.89. The third-order valence-electron chi connectivity index (χ3n) is 3.81. The summed E-state index contributed by atoms with van der Waals surface area (Å²) in [4.78, 5) is 8.63. The first-order chi connectivity index (χ1) is 9.18. The first-order valence-electron chi connectivity index (χ1n) is 7.62. The summed E-state index contributed by atoms with van der Waals surface area (Å²) >= 11 is 1.83. The summed E-state index contributed by atoms with van der Waals surface area (Å²) in [6, 6.07) is 0.501. The number of nitrogens with zero attached hydrogens (tertiary/aromatic N) is 2. The molecule has 1 atom stereocenters. The van der Waals surface area contributed by atoms with Crippen LogP contribution in [0.15, 0.2) is 0 Å². The van der Waals surface area contributed by atoms with Gasteiger partial charge in [0.1, 0.15) is 0 Å². The molecule has 0 saturated heterocycles. The molecule has 0 spiro atoms. The van der Waals surface area contributed by atoms with Crippen molar-refractivity contribution in [2.45, 2.75) is 66.5 Å². The SMILES string of the molecule is CCNCc1sc(N(C)C(C)C(C)C)nc1C(C)(C)C. The summed E-state index contributed by atoms with van der Waals surface area (Å²) in [7, 11) is 2.16. The molecule has 0 aliphatic carbocycles. The molecule has 116 valence electrons. The standard InChI is InChI=1S/C16H31N3S/c1-9-17-10-13-14(16(5,6)7)18-15(20-13)19(8)12(4)11(2)3/h11-12,17H,9-10H2,1-8H3. The van der Waals surface area contributed by atoms with E-state index in [1.165, 1.54) is 10.6 Å². The first kappa shape index (κ1) is 17.4. The summed E-state index contributed by atoms with van der Waals surface area (Å²) in [6.07, 6.45) is 0. The van der Waals surface area contributed by atoms with E-state index in [1.807, 2.05) is 11.3 Å². The van der Waals surface area contributed by atoms with Crippen LogP contribution >= 0.6 is 11.3 Å². The topological polar surface area (TPSA) is 28.2 Å². The lowest BCUT2D eigenvalue weighted by atomic mass is 9.91. The molecule has 0 bridgehead atoms. The van der Waals surface area contributed by atoms with Crippen molar-refractivity contribution in [3.8, 4) is 0 Å². The van der Waals surface area contributed by atoms with Crippen molar-refractivity contribution in [3.05, 3.63) is 10.6 Å². The molecule has 0 radical (unpaired) electrons. The number of thiazole rings is 1. The molecule has 0 amide bonds. The maximum Gasteiger partial charge on any atom is 0.185 e. The van der Waals surface area contributed by atoms with Gasteiger partial charge in [0, 0.05) is 29.9 Å². The molecular formula is C16H31N3S. The fraction of sp³-hybridized carbons (Fsp3) is 0.812. The summed E-state index contributed by atoms with van der Waals surface area (Å²) in [5.74, 6) is 0.624. The van der Waals surface area contributed by atoms with Gasteiger partial charge < -0.3 is 10.2 Å². The second-order valence-corrected chi connectivity index (χ2v) is 7.96. The molecule has 1 aromatic rings.